The molecule has 1 aliphatic heterocycles. The van der Waals surface area contributed by atoms with Crippen LogP contribution in [-0.2, 0) is 19.0 Å². The Kier molecular flexibility index (Phi) is 5.55. The van der Waals surface area contributed by atoms with Gasteiger partial charge in [-0.2, -0.15) is 8.78 Å². The summed E-state index contributed by atoms with van der Waals surface area (Å²) in [5.41, 5.74) is -0.268. The summed E-state index contributed by atoms with van der Waals surface area (Å²) in [7, 11) is 0. The standard InChI is InChI=1S/C12H17ClF2O4/c1-4-17-11(16)8-5-9(18-6-7(2)3)19-10(8)12(13,14)15/h7,9H,4-6H2,1-3H3. The number of rotatable bonds is 6. The minimum absolute atomic E-state index is 0.0843. The summed E-state index contributed by atoms with van der Waals surface area (Å²) in [5, 5.41) is -3.75. The van der Waals surface area contributed by atoms with E-state index in [4.69, 9.17) is 25.8 Å². The zero-order valence-corrected chi connectivity index (χ0v) is 11.8. The Balaban J connectivity index is 2.78. The third-order valence-corrected chi connectivity index (χ3v) is 2.46. The van der Waals surface area contributed by atoms with Crippen LogP contribution in [0.3, 0.4) is 0 Å². The van der Waals surface area contributed by atoms with Crippen LogP contribution in [0.4, 0.5) is 8.78 Å². The van der Waals surface area contributed by atoms with Gasteiger partial charge in [0.05, 0.1) is 18.8 Å². The SMILES string of the molecule is CCOC(=O)C1=C(C(F)(F)Cl)OC(OCC(C)C)C1. The van der Waals surface area contributed by atoms with Gasteiger partial charge in [-0.15, -0.1) is 0 Å². The Morgan fingerprint density at radius 2 is 2.21 bits per heavy atom. The van der Waals surface area contributed by atoms with Crippen LogP contribution in [0.15, 0.2) is 11.3 Å². The molecule has 7 heteroatoms. The summed E-state index contributed by atoms with van der Waals surface area (Å²) in [6.45, 7) is 5.82. The average Bonchev–Trinajstić information content (AvgIpc) is 2.70. The number of hydrogen-bond donors (Lipinski definition) is 0. The number of alkyl halides is 3. The highest BCUT2D eigenvalue weighted by molar-refractivity contribution is 6.23. The molecule has 0 aliphatic carbocycles. The van der Waals surface area contributed by atoms with Crippen molar-refractivity contribution in [3.05, 3.63) is 11.3 Å². The van der Waals surface area contributed by atoms with E-state index in [1.807, 2.05) is 13.8 Å². The lowest BCUT2D eigenvalue weighted by Crippen LogP contribution is -2.19. The lowest BCUT2D eigenvalue weighted by Gasteiger charge is -2.16. The van der Waals surface area contributed by atoms with Crippen molar-refractivity contribution in [1.29, 1.82) is 0 Å². The van der Waals surface area contributed by atoms with Crippen LogP contribution in [0.2, 0.25) is 0 Å². The van der Waals surface area contributed by atoms with E-state index in [1.54, 1.807) is 6.92 Å². The zero-order valence-electron chi connectivity index (χ0n) is 11.0. The van der Waals surface area contributed by atoms with Gasteiger partial charge in [0.15, 0.2) is 5.76 Å². The van der Waals surface area contributed by atoms with E-state index in [-0.39, 0.29) is 24.5 Å². The molecule has 19 heavy (non-hydrogen) atoms. The molecule has 0 aromatic rings. The third kappa shape index (κ3) is 4.62. The fourth-order valence-electron chi connectivity index (χ4n) is 1.53. The van der Waals surface area contributed by atoms with Crippen molar-refractivity contribution in [1.82, 2.24) is 0 Å². The number of allylic oxidation sites excluding steroid dienone is 1. The highest BCUT2D eigenvalue weighted by Gasteiger charge is 2.45. The fraction of sp³-hybridized carbons (Fsp3) is 0.750. The molecule has 0 radical (unpaired) electrons. The number of ether oxygens (including phenoxy) is 3. The quantitative estimate of drug-likeness (QED) is 0.558. The Morgan fingerprint density at radius 1 is 1.58 bits per heavy atom. The molecule has 4 nitrogen and oxygen atoms in total. The maximum absolute atomic E-state index is 13.2. The number of carbonyl (C=O) groups is 1. The van der Waals surface area contributed by atoms with E-state index in [0.29, 0.717) is 6.61 Å². The molecule has 1 rings (SSSR count). The van der Waals surface area contributed by atoms with E-state index in [1.165, 1.54) is 0 Å². The molecule has 0 fully saturated rings. The van der Waals surface area contributed by atoms with Gasteiger partial charge in [-0.05, 0) is 24.4 Å². The van der Waals surface area contributed by atoms with Gasteiger partial charge < -0.3 is 14.2 Å². The minimum atomic E-state index is -3.75. The number of hydrogen-bond acceptors (Lipinski definition) is 4. The maximum Gasteiger partial charge on any atom is 0.379 e. The second kappa shape index (κ2) is 6.52. The lowest BCUT2D eigenvalue weighted by atomic mass is 10.2. The Morgan fingerprint density at radius 3 is 2.68 bits per heavy atom. The number of carbonyl (C=O) groups excluding carboxylic acids is 1. The van der Waals surface area contributed by atoms with Crippen molar-refractivity contribution in [2.75, 3.05) is 13.2 Å². The summed E-state index contributed by atoms with van der Waals surface area (Å²) in [6, 6.07) is 0. The van der Waals surface area contributed by atoms with E-state index in [9.17, 15) is 13.6 Å². The van der Waals surface area contributed by atoms with Crippen LogP contribution in [0.25, 0.3) is 0 Å². The van der Waals surface area contributed by atoms with Crippen LogP contribution >= 0.6 is 11.6 Å². The molecule has 0 bridgehead atoms. The molecular weight excluding hydrogens is 282 g/mol. The second-order valence-electron chi connectivity index (χ2n) is 4.50. The normalized spacial score (nSPS) is 19.8. The van der Waals surface area contributed by atoms with Gasteiger partial charge in [0.1, 0.15) is 0 Å². The van der Waals surface area contributed by atoms with Gasteiger partial charge in [0.2, 0.25) is 6.29 Å². The summed E-state index contributed by atoms with van der Waals surface area (Å²) in [5.74, 6) is -1.51. The van der Waals surface area contributed by atoms with Crippen LogP contribution in [-0.4, -0.2) is 30.9 Å². The molecule has 0 aromatic carbocycles. The molecule has 110 valence electrons. The molecule has 1 heterocycles. The first-order valence-electron chi connectivity index (χ1n) is 6.01. The van der Waals surface area contributed by atoms with Gasteiger partial charge in [-0.3, -0.25) is 0 Å². The maximum atomic E-state index is 13.2. The van der Waals surface area contributed by atoms with Crippen LogP contribution < -0.4 is 0 Å². The largest absolute Gasteiger partial charge is 0.463 e. The molecule has 0 saturated carbocycles. The molecule has 0 saturated heterocycles. The first-order valence-corrected chi connectivity index (χ1v) is 6.39. The average molecular weight is 299 g/mol. The van der Waals surface area contributed by atoms with Gasteiger partial charge in [-0.1, -0.05) is 13.8 Å². The van der Waals surface area contributed by atoms with E-state index in [2.05, 4.69) is 0 Å². The van der Waals surface area contributed by atoms with Gasteiger partial charge in [0, 0.05) is 6.42 Å². The molecule has 1 atom stereocenters. The monoisotopic (exact) mass is 298 g/mol. The molecule has 0 spiro atoms. The van der Waals surface area contributed by atoms with E-state index >= 15 is 0 Å². The van der Waals surface area contributed by atoms with Crippen LogP contribution in [0, 0.1) is 5.92 Å². The van der Waals surface area contributed by atoms with Crippen molar-refractivity contribution in [2.24, 2.45) is 5.92 Å². The lowest BCUT2D eigenvalue weighted by molar-refractivity contribution is -0.139. The zero-order chi connectivity index (χ0) is 14.6. The van der Waals surface area contributed by atoms with Crippen molar-refractivity contribution in [3.63, 3.8) is 0 Å². The van der Waals surface area contributed by atoms with Crippen molar-refractivity contribution in [3.8, 4) is 0 Å². The van der Waals surface area contributed by atoms with Crippen molar-refractivity contribution >= 4 is 17.6 Å². The van der Waals surface area contributed by atoms with Crippen LogP contribution in [0.1, 0.15) is 27.2 Å². The highest BCUT2D eigenvalue weighted by atomic mass is 35.5. The third-order valence-electron chi connectivity index (χ3n) is 2.29. The Hall–Kier alpha value is -0.880. The second-order valence-corrected chi connectivity index (χ2v) is 4.98. The summed E-state index contributed by atoms with van der Waals surface area (Å²) in [6.07, 6.45) is -1.02. The molecule has 1 unspecified atom stereocenters. The topological polar surface area (TPSA) is 44.8 Å². The van der Waals surface area contributed by atoms with Gasteiger partial charge >= 0.3 is 11.4 Å². The smallest absolute Gasteiger partial charge is 0.379 e. The Labute approximate surface area is 115 Å². The van der Waals surface area contributed by atoms with Crippen LogP contribution in [0.5, 0.6) is 0 Å². The number of esters is 1. The predicted octanol–water partition coefficient (Wildman–Crippen LogP) is 3.05. The minimum Gasteiger partial charge on any atom is -0.463 e. The highest BCUT2D eigenvalue weighted by Crippen LogP contribution is 2.39. The number of halogens is 3. The molecular formula is C12H17ClF2O4. The first kappa shape index (κ1) is 16.2. The van der Waals surface area contributed by atoms with E-state index < -0.39 is 23.4 Å². The predicted molar refractivity (Wildman–Crippen MR) is 64.7 cm³/mol. The van der Waals surface area contributed by atoms with Gasteiger partial charge in [-0.25, -0.2) is 4.79 Å². The van der Waals surface area contributed by atoms with Gasteiger partial charge in [0.25, 0.3) is 0 Å². The first-order chi connectivity index (χ1) is 8.75. The molecule has 0 aromatic heterocycles. The molecule has 0 N–H and O–H groups in total. The summed E-state index contributed by atoms with van der Waals surface area (Å²) < 4.78 is 41.3. The fourth-order valence-corrected chi connectivity index (χ4v) is 1.69. The molecule has 1 aliphatic rings. The molecule has 0 amide bonds. The Bertz CT molecular complexity index is 363. The van der Waals surface area contributed by atoms with Crippen molar-refractivity contribution < 1.29 is 27.8 Å². The summed E-state index contributed by atoms with van der Waals surface area (Å²) >= 11 is 4.93. The summed E-state index contributed by atoms with van der Waals surface area (Å²) in [4.78, 5) is 11.6. The van der Waals surface area contributed by atoms with E-state index in [0.717, 1.165) is 0 Å². The van der Waals surface area contributed by atoms with Crippen molar-refractivity contribution in [2.45, 2.75) is 38.9 Å².